The molecule has 6 nitrogen and oxygen atoms in total. The Labute approximate surface area is 107 Å². The number of nitriles is 1. The second kappa shape index (κ2) is 8.39. The summed E-state index contributed by atoms with van der Waals surface area (Å²) in [4.78, 5) is 10.4. The maximum absolute atomic E-state index is 8.83. The third-order valence-corrected chi connectivity index (χ3v) is 2.38. The Morgan fingerprint density at radius 2 is 2.06 bits per heavy atom. The Kier molecular flexibility index (Phi) is 6.69. The lowest BCUT2D eigenvalue weighted by molar-refractivity contribution is 0.190. The van der Waals surface area contributed by atoms with E-state index in [2.05, 4.69) is 9.97 Å². The van der Waals surface area contributed by atoms with Gasteiger partial charge in [-0.05, 0) is 12.5 Å². The average Bonchev–Trinajstić information content (AvgIpc) is 2.42. The predicted octanol–water partition coefficient (Wildman–Crippen LogP) is 0.838. The molecule has 6 heteroatoms. The molecule has 0 saturated carbocycles. The minimum absolute atomic E-state index is 0.370. The van der Waals surface area contributed by atoms with Crippen molar-refractivity contribution in [3.05, 3.63) is 18.0 Å². The number of methoxy groups -OCH3 is 2. The highest BCUT2D eigenvalue weighted by Crippen LogP contribution is 2.07. The standard InChI is InChI=1S/C12H18N4O2/c1-17-8-3-6-16(7-9-18-2)12-14-5-4-11(10-13)15-12/h4-5H,3,6-9H2,1-2H3. The zero-order chi connectivity index (χ0) is 13.2. The number of hydrogen-bond acceptors (Lipinski definition) is 6. The lowest BCUT2D eigenvalue weighted by Crippen LogP contribution is -2.30. The van der Waals surface area contributed by atoms with Crippen LogP contribution < -0.4 is 4.90 Å². The minimum Gasteiger partial charge on any atom is -0.385 e. The van der Waals surface area contributed by atoms with E-state index in [1.165, 1.54) is 0 Å². The molecule has 0 aliphatic carbocycles. The molecule has 1 rings (SSSR count). The quantitative estimate of drug-likeness (QED) is 0.637. The molecule has 0 amide bonds. The molecular weight excluding hydrogens is 232 g/mol. The second-order valence-corrected chi connectivity index (χ2v) is 3.68. The summed E-state index contributed by atoms with van der Waals surface area (Å²) in [5, 5.41) is 8.83. The number of aromatic nitrogens is 2. The van der Waals surface area contributed by atoms with E-state index in [1.807, 2.05) is 11.0 Å². The van der Waals surface area contributed by atoms with E-state index in [1.54, 1.807) is 26.5 Å². The van der Waals surface area contributed by atoms with Gasteiger partial charge in [-0.25, -0.2) is 9.97 Å². The SMILES string of the molecule is COCCCN(CCOC)c1nccc(C#N)n1. The summed E-state index contributed by atoms with van der Waals surface area (Å²) >= 11 is 0. The third kappa shape index (κ3) is 4.65. The van der Waals surface area contributed by atoms with E-state index in [-0.39, 0.29) is 0 Å². The Morgan fingerprint density at radius 3 is 2.72 bits per heavy atom. The molecule has 0 aliphatic heterocycles. The molecule has 0 unspecified atom stereocenters. The van der Waals surface area contributed by atoms with E-state index in [0.717, 1.165) is 13.0 Å². The van der Waals surface area contributed by atoms with Crippen molar-refractivity contribution in [3.63, 3.8) is 0 Å². The number of nitrogens with zero attached hydrogens (tertiary/aromatic N) is 4. The zero-order valence-corrected chi connectivity index (χ0v) is 10.8. The first-order valence-corrected chi connectivity index (χ1v) is 5.77. The number of ether oxygens (including phenoxy) is 2. The first kappa shape index (κ1) is 14.4. The van der Waals surface area contributed by atoms with Crippen LogP contribution in [-0.2, 0) is 9.47 Å². The minimum atomic E-state index is 0.370. The highest BCUT2D eigenvalue weighted by Gasteiger charge is 2.09. The molecule has 18 heavy (non-hydrogen) atoms. The second-order valence-electron chi connectivity index (χ2n) is 3.68. The smallest absolute Gasteiger partial charge is 0.226 e. The fourth-order valence-electron chi connectivity index (χ4n) is 1.48. The summed E-state index contributed by atoms with van der Waals surface area (Å²) in [6, 6.07) is 3.60. The monoisotopic (exact) mass is 250 g/mol. The molecule has 0 bridgehead atoms. The number of hydrogen-bond donors (Lipinski definition) is 0. The van der Waals surface area contributed by atoms with E-state index < -0.39 is 0 Å². The predicted molar refractivity (Wildman–Crippen MR) is 67.3 cm³/mol. The van der Waals surface area contributed by atoms with Crippen molar-refractivity contribution < 1.29 is 9.47 Å². The van der Waals surface area contributed by atoms with Crippen LogP contribution in [0.3, 0.4) is 0 Å². The summed E-state index contributed by atoms with van der Waals surface area (Å²) < 4.78 is 10.1. The molecule has 98 valence electrons. The van der Waals surface area contributed by atoms with Gasteiger partial charge in [0, 0.05) is 40.1 Å². The van der Waals surface area contributed by atoms with Gasteiger partial charge in [-0.3, -0.25) is 0 Å². The summed E-state index contributed by atoms with van der Waals surface area (Å²) in [5.41, 5.74) is 0.370. The first-order valence-electron chi connectivity index (χ1n) is 5.77. The van der Waals surface area contributed by atoms with Crippen LogP contribution in [0.2, 0.25) is 0 Å². The van der Waals surface area contributed by atoms with Crippen LogP contribution in [0, 0.1) is 11.3 Å². The van der Waals surface area contributed by atoms with E-state index in [9.17, 15) is 0 Å². The highest BCUT2D eigenvalue weighted by atomic mass is 16.5. The first-order chi connectivity index (χ1) is 8.81. The zero-order valence-electron chi connectivity index (χ0n) is 10.8. The molecule has 0 aliphatic rings. The van der Waals surface area contributed by atoms with E-state index >= 15 is 0 Å². The molecular formula is C12H18N4O2. The Bertz CT molecular complexity index is 392. The third-order valence-electron chi connectivity index (χ3n) is 2.38. The molecule has 1 aromatic heterocycles. The van der Waals surface area contributed by atoms with Crippen LogP contribution in [0.25, 0.3) is 0 Å². The van der Waals surface area contributed by atoms with Crippen molar-refractivity contribution in [2.24, 2.45) is 0 Å². The fourth-order valence-corrected chi connectivity index (χ4v) is 1.48. The van der Waals surface area contributed by atoms with Crippen LogP contribution in [0.15, 0.2) is 12.3 Å². The largest absolute Gasteiger partial charge is 0.385 e. The van der Waals surface area contributed by atoms with E-state index in [4.69, 9.17) is 14.7 Å². The van der Waals surface area contributed by atoms with Gasteiger partial charge in [-0.2, -0.15) is 5.26 Å². The van der Waals surface area contributed by atoms with Gasteiger partial charge in [0.05, 0.1) is 6.61 Å². The highest BCUT2D eigenvalue weighted by molar-refractivity contribution is 5.33. The Hall–Kier alpha value is -1.71. The molecule has 0 spiro atoms. The Balaban J connectivity index is 2.70. The van der Waals surface area contributed by atoms with Crippen molar-refractivity contribution in [2.75, 3.05) is 45.4 Å². The summed E-state index contributed by atoms with van der Waals surface area (Å²) in [7, 11) is 3.33. The molecule has 1 heterocycles. The molecule has 0 radical (unpaired) electrons. The normalized spacial score (nSPS) is 10.1. The van der Waals surface area contributed by atoms with Crippen LogP contribution in [-0.4, -0.2) is 50.5 Å². The van der Waals surface area contributed by atoms with Crippen molar-refractivity contribution in [3.8, 4) is 6.07 Å². The molecule has 0 atom stereocenters. The van der Waals surface area contributed by atoms with Gasteiger partial charge in [0.1, 0.15) is 11.8 Å². The fraction of sp³-hybridized carbons (Fsp3) is 0.583. The Morgan fingerprint density at radius 1 is 1.28 bits per heavy atom. The molecule has 1 aromatic rings. The lowest BCUT2D eigenvalue weighted by Gasteiger charge is -2.21. The van der Waals surface area contributed by atoms with Crippen LogP contribution in [0.5, 0.6) is 0 Å². The maximum atomic E-state index is 8.83. The molecule has 0 aromatic carbocycles. The summed E-state index contributed by atoms with van der Waals surface area (Å²) in [6.07, 6.45) is 2.47. The van der Waals surface area contributed by atoms with Crippen molar-refractivity contribution >= 4 is 5.95 Å². The van der Waals surface area contributed by atoms with Crippen molar-refractivity contribution in [2.45, 2.75) is 6.42 Å². The van der Waals surface area contributed by atoms with Gasteiger partial charge in [0.25, 0.3) is 0 Å². The van der Waals surface area contributed by atoms with Gasteiger partial charge in [-0.1, -0.05) is 0 Å². The summed E-state index contributed by atoms with van der Waals surface area (Å²) in [6.45, 7) is 2.73. The van der Waals surface area contributed by atoms with Crippen molar-refractivity contribution in [1.29, 1.82) is 5.26 Å². The van der Waals surface area contributed by atoms with Gasteiger partial charge in [-0.15, -0.1) is 0 Å². The van der Waals surface area contributed by atoms with Gasteiger partial charge >= 0.3 is 0 Å². The summed E-state index contributed by atoms with van der Waals surface area (Å²) in [5.74, 6) is 0.558. The van der Waals surface area contributed by atoms with Crippen molar-refractivity contribution in [1.82, 2.24) is 9.97 Å². The average molecular weight is 250 g/mol. The number of rotatable bonds is 8. The topological polar surface area (TPSA) is 71.3 Å². The lowest BCUT2D eigenvalue weighted by atomic mass is 10.4. The van der Waals surface area contributed by atoms with Crippen LogP contribution in [0.4, 0.5) is 5.95 Å². The molecule has 0 fully saturated rings. The maximum Gasteiger partial charge on any atom is 0.226 e. The van der Waals surface area contributed by atoms with E-state index in [0.29, 0.717) is 31.4 Å². The van der Waals surface area contributed by atoms with Crippen LogP contribution >= 0.6 is 0 Å². The molecule has 0 N–H and O–H groups in total. The van der Waals surface area contributed by atoms with Crippen LogP contribution in [0.1, 0.15) is 12.1 Å². The van der Waals surface area contributed by atoms with Gasteiger partial charge in [0.2, 0.25) is 5.95 Å². The molecule has 0 saturated heterocycles. The number of anilines is 1. The van der Waals surface area contributed by atoms with Gasteiger partial charge in [0.15, 0.2) is 0 Å². The van der Waals surface area contributed by atoms with Gasteiger partial charge < -0.3 is 14.4 Å².